The number of aryl methyl sites for hydroxylation is 1. The van der Waals surface area contributed by atoms with E-state index in [9.17, 15) is 18.0 Å². The highest BCUT2D eigenvalue weighted by atomic mass is 35.5. The summed E-state index contributed by atoms with van der Waals surface area (Å²) >= 11 is 6.05. The molecule has 1 fully saturated rings. The Bertz CT molecular complexity index is 1060. The summed E-state index contributed by atoms with van der Waals surface area (Å²) in [6, 6.07) is 6.46. The molecular weight excluding hydrogens is 380 g/mol. The van der Waals surface area contributed by atoms with Crippen molar-refractivity contribution in [2.75, 3.05) is 19.6 Å². The first-order chi connectivity index (χ1) is 12.2. The molecule has 140 valence electrons. The zero-order chi connectivity index (χ0) is 19.1. The van der Waals surface area contributed by atoms with Crippen LogP contribution in [0.25, 0.3) is 0 Å². The second kappa shape index (κ2) is 6.99. The highest BCUT2D eigenvalue weighted by Gasteiger charge is 2.36. The molecule has 26 heavy (non-hydrogen) atoms. The Labute approximate surface area is 155 Å². The van der Waals surface area contributed by atoms with Gasteiger partial charge in [-0.15, -0.1) is 0 Å². The Morgan fingerprint density at radius 2 is 1.96 bits per heavy atom. The molecule has 3 rings (SSSR count). The van der Waals surface area contributed by atoms with Crippen molar-refractivity contribution in [2.24, 2.45) is 14.1 Å². The van der Waals surface area contributed by atoms with Gasteiger partial charge in [-0.25, -0.2) is 13.2 Å². The molecule has 1 aromatic carbocycles. The van der Waals surface area contributed by atoms with Gasteiger partial charge in [0.2, 0.25) is 0 Å². The van der Waals surface area contributed by atoms with Gasteiger partial charge in [-0.05, 0) is 17.7 Å². The minimum atomic E-state index is -4.11. The van der Waals surface area contributed by atoms with Crippen molar-refractivity contribution in [3.05, 3.63) is 61.9 Å². The van der Waals surface area contributed by atoms with Crippen LogP contribution < -0.4 is 16.6 Å². The van der Waals surface area contributed by atoms with Gasteiger partial charge in [-0.1, -0.05) is 23.7 Å². The van der Waals surface area contributed by atoms with Gasteiger partial charge in [-0.2, -0.15) is 4.31 Å². The first-order valence-electron chi connectivity index (χ1n) is 7.98. The second-order valence-electron chi connectivity index (χ2n) is 6.14. The number of nitrogens with one attached hydrogen (secondary N) is 1. The lowest BCUT2D eigenvalue weighted by molar-refractivity contribution is 0.271. The Hall–Kier alpha value is -1.94. The third-order valence-corrected chi connectivity index (χ3v) is 6.55. The fraction of sp³-hybridized carbons (Fsp3) is 0.375. The number of piperazine rings is 1. The van der Waals surface area contributed by atoms with Gasteiger partial charge in [0.05, 0.1) is 6.04 Å². The molecule has 1 atom stereocenters. The Kier molecular flexibility index (Phi) is 5.07. The van der Waals surface area contributed by atoms with E-state index in [0.29, 0.717) is 18.1 Å². The van der Waals surface area contributed by atoms with E-state index >= 15 is 0 Å². The smallest absolute Gasteiger partial charge is 0.313 e. The summed E-state index contributed by atoms with van der Waals surface area (Å²) in [6.45, 7) is 1.06. The Morgan fingerprint density at radius 1 is 1.23 bits per heavy atom. The number of rotatable bonds is 3. The van der Waals surface area contributed by atoms with Crippen LogP contribution in [0.15, 0.2) is 44.9 Å². The number of sulfonamides is 1. The van der Waals surface area contributed by atoms with Crippen LogP contribution in [0.2, 0.25) is 5.02 Å². The quantitative estimate of drug-likeness (QED) is 0.789. The average molecular weight is 399 g/mol. The van der Waals surface area contributed by atoms with Crippen LogP contribution in [0.5, 0.6) is 0 Å². The summed E-state index contributed by atoms with van der Waals surface area (Å²) in [5.74, 6) is 0. The molecule has 1 N–H and O–H groups in total. The lowest BCUT2D eigenvalue weighted by atomic mass is 10.1. The SMILES string of the molecule is Cn1cc(S(=O)(=O)N2CCNCC2c2cccc(Cl)c2)c(=O)n(C)c1=O. The third-order valence-electron chi connectivity index (χ3n) is 4.43. The summed E-state index contributed by atoms with van der Waals surface area (Å²) < 4.78 is 29.6. The van der Waals surface area contributed by atoms with Gasteiger partial charge in [0.1, 0.15) is 0 Å². The fourth-order valence-electron chi connectivity index (χ4n) is 3.05. The molecule has 1 aliphatic heterocycles. The van der Waals surface area contributed by atoms with Crippen molar-refractivity contribution < 1.29 is 8.42 Å². The molecule has 1 aromatic heterocycles. The fourth-order valence-corrected chi connectivity index (χ4v) is 5.01. The van der Waals surface area contributed by atoms with E-state index in [-0.39, 0.29) is 6.54 Å². The number of hydrogen-bond donors (Lipinski definition) is 1. The summed E-state index contributed by atoms with van der Waals surface area (Å²) in [4.78, 5) is 23.9. The maximum Gasteiger partial charge on any atom is 0.330 e. The van der Waals surface area contributed by atoms with Crippen molar-refractivity contribution >= 4 is 21.6 Å². The normalized spacial score (nSPS) is 18.8. The van der Waals surface area contributed by atoms with Crippen LogP contribution in [0.4, 0.5) is 0 Å². The highest BCUT2D eigenvalue weighted by Crippen LogP contribution is 2.29. The van der Waals surface area contributed by atoms with Crippen molar-refractivity contribution in [1.29, 1.82) is 0 Å². The molecule has 8 nitrogen and oxygen atoms in total. The standard InChI is InChI=1S/C16H19ClN4O4S/c1-19-10-14(15(22)20(2)16(19)23)26(24,25)21-7-6-18-9-13(21)11-4-3-5-12(17)8-11/h3-5,8,10,13,18H,6-7,9H2,1-2H3. The first kappa shape index (κ1) is 18.8. The zero-order valence-corrected chi connectivity index (χ0v) is 15.9. The summed E-state index contributed by atoms with van der Waals surface area (Å²) in [6.07, 6.45) is 1.08. The van der Waals surface area contributed by atoms with E-state index in [1.807, 2.05) is 0 Å². The topological polar surface area (TPSA) is 93.4 Å². The van der Waals surface area contributed by atoms with E-state index in [1.165, 1.54) is 18.4 Å². The van der Waals surface area contributed by atoms with Crippen molar-refractivity contribution in [1.82, 2.24) is 18.8 Å². The summed E-state index contributed by atoms with van der Waals surface area (Å²) in [7, 11) is -1.44. The largest absolute Gasteiger partial charge is 0.330 e. The lowest BCUT2D eigenvalue weighted by Gasteiger charge is -2.35. The molecule has 2 heterocycles. The summed E-state index contributed by atoms with van der Waals surface area (Å²) in [5, 5.41) is 3.67. The first-order valence-corrected chi connectivity index (χ1v) is 9.80. The molecule has 0 radical (unpaired) electrons. The van der Waals surface area contributed by atoms with Crippen LogP contribution in [0, 0.1) is 0 Å². The number of nitrogens with zero attached hydrogens (tertiary/aromatic N) is 3. The molecule has 10 heteroatoms. The summed E-state index contributed by atoms with van der Waals surface area (Å²) in [5.41, 5.74) is -0.688. The van der Waals surface area contributed by atoms with E-state index in [1.54, 1.807) is 24.3 Å². The molecule has 0 spiro atoms. The van der Waals surface area contributed by atoms with Gasteiger partial charge in [0.15, 0.2) is 4.90 Å². The van der Waals surface area contributed by atoms with Crippen LogP contribution in [0.1, 0.15) is 11.6 Å². The van der Waals surface area contributed by atoms with Crippen LogP contribution in [-0.2, 0) is 24.1 Å². The Morgan fingerprint density at radius 3 is 2.65 bits per heavy atom. The van der Waals surface area contributed by atoms with E-state index in [4.69, 9.17) is 11.6 Å². The number of aromatic nitrogens is 2. The predicted octanol–water partition coefficient (Wildman–Crippen LogP) is 0.0726. The highest BCUT2D eigenvalue weighted by molar-refractivity contribution is 7.89. The number of hydrogen-bond acceptors (Lipinski definition) is 5. The lowest BCUT2D eigenvalue weighted by Crippen LogP contribution is -2.50. The minimum Gasteiger partial charge on any atom is -0.313 e. The molecule has 0 saturated carbocycles. The van der Waals surface area contributed by atoms with Crippen molar-refractivity contribution in [3.8, 4) is 0 Å². The van der Waals surface area contributed by atoms with Gasteiger partial charge in [0.25, 0.3) is 15.6 Å². The maximum absolute atomic E-state index is 13.2. The Balaban J connectivity index is 2.13. The molecule has 0 bridgehead atoms. The average Bonchev–Trinajstić information content (AvgIpc) is 2.63. The molecule has 1 aliphatic rings. The van der Waals surface area contributed by atoms with Gasteiger partial charge in [-0.3, -0.25) is 9.36 Å². The van der Waals surface area contributed by atoms with Crippen LogP contribution in [-0.4, -0.2) is 41.5 Å². The minimum absolute atomic E-state index is 0.200. The van der Waals surface area contributed by atoms with E-state index < -0.39 is 32.2 Å². The van der Waals surface area contributed by atoms with E-state index in [2.05, 4.69) is 5.32 Å². The molecule has 1 unspecified atom stereocenters. The number of benzene rings is 1. The predicted molar refractivity (Wildman–Crippen MR) is 97.9 cm³/mol. The van der Waals surface area contributed by atoms with Crippen molar-refractivity contribution in [2.45, 2.75) is 10.9 Å². The number of halogens is 1. The maximum atomic E-state index is 13.2. The third kappa shape index (κ3) is 3.23. The van der Waals surface area contributed by atoms with Crippen LogP contribution in [0.3, 0.4) is 0 Å². The van der Waals surface area contributed by atoms with Gasteiger partial charge in [0, 0.05) is 44.9 Å². The van der Waals surface area contributed by atoms with Crippen LogP contribution >= 0.6 is 11.6 Å². The molecule has 2 aromatic rings. The molecule has 0 amide bonds. The monoisotopic (exact) mass is 398 g/mol. The zero-order valence-electron chi connectivity index (χ0n) is 14.3. The molecule has 0 aliphatic carbocycles. The van der Waals surface area contributed by atoms with E-state index in [0.717, 1.165) is 20.9 Å². The molecular formula is C16H19ClN4O4S. The van der Waals surface area contributed by atoms with Crippen molar-refractivity contribution in [3.63, 3.8) is 0 Å². The van der Waals surface area contributed by atoms with Gasteiger partial charge >= 0.3 is 5.69 Å². The second-order valence-corrected chi connectivity index (χ2v) is 8.44. The molecule has 1 saturated heterocycles. The van der Waals surface area contributed by atoms with Gasteiger partial charge < -0.3 is 9.88 Å².